The Morgan fingerprint density at radius 2 is 1.92 bits per heavy atom. The Morgan fingerprint density at radius 1 is 1.31 bits per heavy atom. The van der Waals surface area contributed by atoms with Gasteiger partial charge in [-0.2, -0.15) is 0 Å². The molecule has 74 valence electrons. The Balaban J connectivity index is 2.12. The van der Waals surface area contributed by atoms with E-state index in [2.05, 4.69) is 10.2 Å². The number of aliphatic carboxylic acids is 1. The standard InChI is InChI=1S/C9H16N2O2/c12-8(13)9(11-6-1-7-11)2-4-10-5-3-9/h10H,1-7H2,(H,12,13). The van der Waals surface area contributed by atoms with Gasteiger partial charge in [-0.15, -0.1) is 0 Å². The van der Waals surface area contributed by atoms with Crippen LogP contribution in [0.2, 0.25) is 0 Å². The highest BCUT2D eigenvalue weighted by Crippen LogP contribution is 2.30. The van der Waals surface area contributed by atoms with Crippen molar-refractivity contribution >= 4 is 5.97 Å². The topological polar surface area (TPSA) is 52.6 Å². The third-order valence-corrected chi connectivity index (χ3v) is 3.29. The van der Waals surface area contributed by atoms with Crippen LogP contribution in [-0.2, 0) is 4.79 Å². The van der Waals surface area contributed by atoms with Crippen LogP contribution in [0.15, 0.2) is 0 Å². The molecule has 2 heterocycles. The van der Waals surface area contributed by atoms with Crippen molar-refractivity contribution in [2.45, 2.75) is 24.8 Å². The smallest absolute Gasteiger partial charge is 0.324 e. The van der Waals surface area contributed by atoms with Gasteiger partial charge in [-0.05, 0) is 32.4 Å². The van der Waals surface area contributed by atoms with Crippen molar-refractivity contribution in [2.24, 2.45) is 0 Å². The Kier molecular flexibility index (Phi) is 2.26. The monoisotopic (exact) mass is 184 g/mol. The van der Waals surface area contributed by atoms with E-state index in [-0.39, 0.29) is 0 Å². The number of carbonyl (C=O) groups is 1. The predicted molar refractivity (Wildman–Crippen MR) is 48.7 cm³/mol. The average Bonchev–Trinajstić information content (AvgIpc) is 2.02. The molecule has 2 rings (SSSR count). The minimum absolute atomic E-state index is 0.538. The van der Waals surface area contributed by atoms with Gasteiger partial charge in [-0.25, -0.2) is 0 Å². The van der Waals surface area contributed by atoms with E-state index in [9.17, 15) is 9.90 Å². The SMILES string of the molecule is O=C(O)C1(N2CCC2)CCNCC1. The fourth-order valence-electron chi connectivity index (χ4n) is 2.25. The molecular weight excluding hydrogens is 168 g/mol. The van der Waals surface area contributed by atoms with E-state index in [0.29, 0.717) is 0 Å². The van der Waals surface area contributed by atoms with E-state index >= 15 is 0 Å². The van der Waals surface area contributed by atoms with E-state index < -0.39 is 11.5 Å². The summed E-state index contributed by atoms with van der Waals surface area (Å²) < 4.78 is 0. The molecule has 0 bridgehead atoms. The first-order valence-electron chi connectivity index (χ1n) is 4.95. The number of hydrogen-bond acceptors (Lipinski definition) is 3. The molecule has 0 aromatic heterocycles. The predicted octanol–water partition coefficient (Wildman–Crippen LogP) is -0.101. The molecule has 0 aromatic rings. The summed E-state index contributed by atoms with van der Waals surface area (Å²) in [6, 6.07) is 0. The molecule has 0 atom stereocenters. The summed E-state index contributed by atoms with van der Waals surface area (Å²) in [6.45, 7) is 3.60. The van der Waals surface area contributed by atoms with Crippen molar-refractivity contribution in [3.05, 3.63) is 0 Å². The Bertz CT molecular complexity index is 208. The van der Waals surface area contributed by atoms with Crippen LogP contribution in [0.3, 0.4) is 0 Å². The molecule has 0 aromatic carbocycles. The number of carboxylic acids is 1. The zero-order valence-corrected chi connectivity index (χ0v) is 7.75. The summed E-state index contributed by atoms with van der Waals surface area (Å²) in [7, 11) is 0. The van der Waals surface area contributed by atoms with Crippen LogP contribution in [0.4, 0.5) is 0 Å². The van der Waals surface area contributed by atoms with Gasteiger partial charge in [-0.3, -0.25) is 9.69 Å². The maximum Gasteiger partial charge on any atom is 0.324 e. The molecule has 13 heavy (non-hydrogen) atoms. The molecule has 0 radical (unpaired) electrons. The van der Waals surface area contributed by atoms with Gasteiger partial charge in [0.25, 0.3) is 0 Å². The molecule has 2 N–H and O–H groups in total. The van der Waals surface area contributed by atoms with Crippen LogP contribution in [0, 0.1) is 0 Å². The average molecular weight is 184 g/mol. The molecule has 2 fully saturated rings. The third kappa shape index (κ3) is 1.34. The van der Waals surface area contributed by atoms with E-state index in [1.165, 1.54) is 0 Å². The van der Waals surface area contributed by atoms with Crippen molar-refractivity contribution in [1.29, 1.82) is 0 Å². The summed E-state index contributed by atoms with van der Waals surface area (Å²) in [6.07, 6.45) is 2.66. The number of piperidine rings is 1. The van der Waals surface area contributed by atoms with Gasteiger partial charge >= 0.3 is 5.97 Å². The van der Waals surface area contributed by atoms with Crippen molar-refractivity contribution in [2.75, 3.05) is 26.2 Å². The lowest BCUT2D eigenvalue weighted by molar-refractivity contribution is -0.157. The second-order valence-corrected chi connectivity index (χ2v) is 3.93. The van der Waals surface area contributed by atoms with Gasteiger partial charge in [0.1, 0.15) is 5.54 Å². The Labute approximate surface area is 77.9 Å². The number of hydrogen-bond donors (Lipinski definition) is 2. The summed E-state index contributed by atoms with van der Waals surface area (Å²) in [5.41, 5.74) is -0.538. The molecule has 0 amide bonds. The van der Waals surface area contributed by atoms with E-state index in [4.69, 9.17) is 0 Å². The van der Waals surface area contributed by atoms with Crippen molar-refractivity contribution in [3.63, 3.8) is 0 Å². The first kappa shape index (κ1) is 8.97. The molecular formula is C9H16N2O2. The minimum Gasteiger partial charge on any atom is -0.480 e. The third-order valence-electron chi connectivity index (χ3n) is 3.29. The lowest BCUT2D eigenvalue weighted by Gasteiger charge is -2.47. The molecule has 0 unspecified atom stereocenters. The van der Waals surface area contributed by atoms with Crippen molar-refractivity contribution < 1.29 is 9.90 Å². The fourth-order valence-corrected chi connectivity index (χ4v) is 2.25. The van der Waals surface area contributed by atoms with Gasteiger partial charge in [0.15, 0.2) is 0 Å². The van der Waals surface area contributed by atoms with Gasteiger partial charge < -0.3 is 10.4 Å². The molecule has 0 spiro atoms. The van der Waals surface area contributed by atoms with Crippen LogP contribution < -0.4 is 5.32 Å². The second kappa shape index (κ2) is 3.27. The van der Waals surface area contributed by atoms with Crippen LogP contribution in [-0.4, -0.2) is 47.7 Å². The zero-order valence-electron chi connectivity index (χ0n) is 7.75. The van der Waals surface area contributed by atoms with Gasteiger partial charge in [0.05, 0.1) is 0 Å². The molecule has 0 saturated carbocycles. The number of rotatable bonds is 2. The maximum atomic E-state index is 11.2. The van der Waals surface area contributed by atoms with Crippen LogP contribution in [0.1, 0.15) is 19.3 Å². The van der Waals surface area contributed by atoms with Crippen LogP contribution in [0.25, 0.3) is 0 Å². The van der Waals surface area contributed by atoms with E-state index in [1.54, 1.807) is 0 Å². The van der Waals surface area contributed by atoms with Crippen molar-refractivity contribution in [3.8, 4) is 0 Å². The van der Waals surface area contributed by atoms with Gasteiger partial charge in [0.2, 0.25) is 0 Å². The molecule has 2 saturated heterocycles. The summed E-state index contributed by atoms with van der Waals surface area (Å²) in [5.74, 6) is -0.631. The highest BCUT2D eigenvalue weighted by Gasteiger charge is 2.46. The Hall–Kier alpha value is -0.610. The lowest BCUT2D eigenvalue weighted by Crippen LogP contribution is -2.63. The summed E-state index contributed by atoms with van der Waals surface area (Å²) in [5, 5.41) is 12.5. The summed E-state index contributed by atoms with van der Waals surface area (Å²) in [4.78, 5) is 13.4. The molecule has 2 aliphatic rings. The summed E-state index contributed by atoms with van der Waals surface area (Å²) >= 11 is 0. The maximum absolute atomic E-state index is 11.2. The van der Waals surface area contributed by atoms with Gasteiger partial charge in [0, 0.05) is 13.1 Å². The molecule has 4 heteroatoms. The lowest BCUT2D eigenvalue weighted by atomic mass is 9.84. The van der Waals surface area contributed by atoms with E-state index in [1.807, 2.05) is 0 Å². The number of nitrogens with one attached hydrogen (secondary N) is 1. The Morgan fingerprint density at radius 3 is 2.31 bits per heavy atom. The minimum atomic E-state index is -0.631. The van der Waals surface area contributed by atoms with Crippen molar-refractivity contribution in [1.82, 2.24) is 10.2 Å². The van der Waals surface area contributed by atoms with E-state index in [0.717, 1.165) is 45.4 Å². The highest BCUT2D eigenvalue weighted by molar-refractivity contribution is 5.79. The van der Waals surface area contributed by atoms with Crippen LogP contribution in [0.5, 0.6) is 0 Å². The number of likely N-dealkylation sites (tertiary alicyclic amines) is 1. The second-order valence-electron chi connectivity index (χ2n) is 3.93. The quantitative estimate of drug-likeness (QED) is 0.629. The highest BCUT2D eigenvalue weighted by atomic mass is 16.4. The zero-order chi connectivity index (χ0) is 9.31. The normalized spacial score (nSPS) is 28.0. The van der Waals surface area contributed by atoms with Gasteiger partial charge in [-0.1, -0.05) is 0 Å². The number of carboxylic acid groups (broad SMARTS) is 1. The molecule has 0 aliphatic carbocycles. The largest absolute Gasteiger partial charge is 0.480 e. The fraction of sp³-hybridized carbons (Fsp3) is 0.889. The first-order chi connectivity index (χ1) is 6.26. The number of nitrogens with zero attached hydrogens (tertiary/aromatic N) is 1. The van der Waals surface area contributed by atoms with Crippen LogP contribution >= 0.6 is 0 Å². The first-order valence-corrected chi connectivity index (χ1v) is 4.95. The molecule has 2 aliphatic heterocycles. The molecule has 4 nitrogen and oxygen atoms in total.